The summed E-state index contributed by atoms with van der Waals surface area (Å²) in [5.41, 5.74) is -0.471. The first-order chi connectivity index (χ1) is 10.0. The van der Waals surface area contributed by atoms with E-state index in [-0.39, 0.29) is 11.3 Å². The van der Waals surface area contributed by atoms with Gasteiger partial charge in [0.2, 0.25) is 0 Å². The van der Waals surface area contributed by atoms with Gasteiger partial charge in [-0.2, -0.15) is 0 Å². The molecule has 132 valence electrons. The second-order valence-electron chi connectivity index (χ2n) is 7.19. The van der Waals surface area contributed by atoms with Crippen LogP contribution in [0.5, 0.6) is 0 Å². The molecule has 6 heteroatoms. The van der Waals surface area contributed by atoms with E-state index < -0.39 is 16.4 Å². The number of carbonyl (C=O) groups excluding carboxylic acids is 1. The number of hydrogen-bond acceptors (Lipinski definition) is 4. The molecule has 0 aliphatic carbocycles. The van der Waals surface area contributed by atoms with E-state index in [4.69, 9.17) is 4.74 Å². The number of alkyl carbamates (subject to hydrolysis) is 1. The van der Waals surface area contributed by atoms with E-state index in [0.29, 0.717) is 18.4 Å². The first-order valence-corrected chi connectivity index (χ1v) is 9.65. The summed E-state index contributed by atoms with van der Waals surface area (Å²) >= 11 is 0. The summed E-state index contributed by atoms with van der Waals surface area (Å²) in [6, 6.07) is 0. The number of amides is 1. The van der Waals surface area contributed by atoms with Gasteiger partial charge in [-0.3, -0.25) is 4.21 Å². The minimum Gasteiger partial charge on any atom is -0.444 e. The maximum absolute atomic E-state index is 11.7. The summed E-state index contributed by atoms with van der Waals surface area (Å²) in [5.74, 6) is 0.801. The molecule has 0 aromatic rings. The Kier molecular flexibility index (Phi) is 9.92. The highest BCUT2D eigenvalue weighted by molar-refractivity contribution is 7.84. The summed E-state index contributed by atoms with van der Waals surface area (Å²) in [6.07, 6.45) is 2.27. The standard InChI is InChI=1S/C16H34N2O3S/c1-12(2)14(10-17-9-8-13(3)22(7)20)11-18-15(19)21-16(4,5)6/h12-14,17H,8-11H2,1-7H3,(H,18,19). The molecule has 0 bridgehead atoms. The average molecular weight is 335 g/mol. The van der Waals surface area contributed by atoms with Crippen LogP contribution in [0.25, 0.3) is 0 Å². The van der Waals surface area contributed by atoms with E-state index in [2.05, 4.69) is 24.5 Å². The Bertz CT molecular complexity index is 354. The maximum Gasteiger partial charge on any atom is 0.407 e. The molecule has 3 atom stereocenters. The van der Waals surface area contributed by atoms with Crippen molar-refractivity contribution in [2.45, 2.75) is 58.8 Å². The Morgan fingerprint density at radius 2 is 1.77 bits per heavy atom. The molecule has 0 aliphatic heterocycles. The van der Waals surface area contributed by atoms with Crippen LogP contribution in [0.15, 0.2) is 0 Å². The predicted molar refractivity (Wildman–Crippen MR) is 93.6 cm³/mol. The van der Waals surface area contributed by atoms with E-state index in [9.17, 15) is 9.00 Å². The first-order valence-electron chi connectivity index (χ1n) is 8.02. The van der Waals surface area contributed by atoms with Gasteiger partial charge in [0.1, 0.15) is 5.60 Å². The molecule has 0 fully saturated rings. The van der Waals surface area contributed by atoms with Crippen molar-refractivity contribution in [2.24, 2.45) is 11.8 Å². The summed E-state index contributed by atoms with van der Waals surface area (Å²) in [5, 5.41) is 6.45. The Labute approximate surface area is 138 Å². The molecule has 0 aliphatic rings. The van der Waals surface area contributed by atoms with Gasteiger partial charge >= 0.3 is 6.09 Å². The third-order valence-corrected chi connectivity index (χ3v) is 4.92. The summed E-state index contributed by atoms with van der Waals surface area (Å²) in [6.45, 7) is 14.1. The van der Waals surface area contributed by atoms with E-state index in [0.717, 1.165) is 19.5 Å². The van der Waals surface area contributed by atoms with Gasteiger partial charge < -0.3 is 15.4 Å². The van der Waals surface area contributed by atoms with Crippen LogP contribution in [-0.4, -0.2) is 47.0 Å². The van der Waals surface area contributed by atoms with Crippen molar-refractivity contribution < 1.29 is 13.7 Å². The average Bonchev–Trinajstić information content (AvgIpc) is 2.34. The normalized spacial score (nSPS) is 16.2. The molecule has 1 amide bonds. The Morgan fingerprint density at radius 3 is 2.23 bits per heavy atom. The molecule has 0 radical (unpaired) electrons. The molecule has 0 rings (SSSR count). The maximum atomic E-state index is 11.7. The van der Waals surface area contributed by atoms with Crippen molar-refractivity contribution in [1.29, 1.82) is 0 Å². The molecule has 0 heterocycles. The lowest BCUT2D eigenvalue weighted by molar-refractivity contribution is 0.0515. The number of nitrogens with one attached hydrogen (secondary N) is 2. The second kappa shape index (κ2) is 10.2. The van der Waals surface area contributed by atoms with Gasteiger partial charge in [-0.1, -0.05) is 20.8 Å². The molecule has 0 spiro atoms. The topological polar surface area (TPSA) is 67.4 Å². The molecule has 0 saturated carbocycles. The van der Waals surface area contributed by atoms with Gasteiger partial charge in [0.25, 0.3) is 0 Å². The zero-order chi connectivity index (χ0) is 17.3. The highest BCUT2D eigenvalue weighted by Gasteiger charge is 2.19. The first kappa shape index (κ1) is 21.4. The largest absolute Gasteiger partial charge is 0.444 e. The van der Waals surface area contributed by atoms with Crippen LogP contribution in [0.2, 0.25) is 0 Å². The minimum atomic E-state index is -0.766. The smallest absolute Gasteiger partial charge is 0.407 e. The highest BCUT2D eigenvalue weighted by Crippen LogP contribution is 2.10. The quantitative estimate of drug-likeness (QED) is 0.636. The Hall–Kier alpha value is -0.620. The van der Waals surface area contributed by atoms with Crippen molar-refractivity contribution in [3.63, 3.8) is 0 Å². The van der Waals surface area contributed by atoms with E-state index in [1.807, 2.05) is 27.7 Å². The van der Waals surface area contributed by atoms with Crippen molar-refractivity contribution in [2.75, 3.05) is 25.9 Å². The molecule has 5 nitrogen and oxygen atoms in total. The van der Waals surface area contributed by atoms with Crippen molar-refractivity contribution in [3.05, 3.63) is 0 Å². The lowest BCUT2D eigenvalue weighted by atomic mass is 9.96. The van der Waals surface area contributed by atoms with Crippen LogP contribution in [0, 0.1) is 11.8 Å². The molecule has 0 aromatic carbocycles. The van der Waals surface area contributed by atoms with Crippen LogP contribution in [0.1, 0.15) is 48.0 Å². The Morgan fingerprint density at radius 1 is 1.18 bits per heavy atom. The second-order valence-corrected chi connectivity index (χ2v) is 8.99. The fraction of sp³-hybridized carbons (Fsp3) is 0.938. The third kappa shape index (κ3) is 11.0. The lowest BCUT2D eigenvalue weighted by Gasteiger charge is -2.24. The summed E-state index contributed by atoms with van der Waals surface area (Å²) < 4.78 is 16.5. The van der Waals surface area contributed by atoms with Gasteiger partial charge in [0, 0.05) is 28.9 Å². The van der Waals surface area contributed by atoms with E-state index in [1.165, 1.54) is 0 Å². The molecule has 2 N–H and O–H groups in total. The highest BCUT2D eigenvalue weighted by atomic mass is 32.2. The van der Waals surface area contributed by atoms with Crippen molar-refractivity contribution in [1.82, 2.24) is 10.6 Å². The molecule has 22 heavy (non-hydrogen) atoms. The van der Waals surface area contributed by atoms with Crippen LogP contribution in [0.3, 0.4) is 0 Å². The van der Waals surface area contributed by atoms with Crippen molar-refractivity contribution in [3.8, 4) is 0 Å². The van der Waals surface area contributed by atoms with Gasteiger partial charge in [-0.25, -0.2) is 4.79 Å². The monoisotopic (exact) mass is 334 g/mol. The van der Waals surface area contributed by atoms with Gasteiger partial charge in [0.05, 0.1) is 0 Å². The molecule has 0 saturated heterocycles. The molecular weight excluding hydrogens is 300 g/mol. The molecular formula is C16H34N2O3S. The van der Waals surface area contributed by atoms with E-state index in [1.54, 1.807) is 6.26 Å². The zero-order valence-electron chi connectivity index (χ0n) is 15.2. The van der Waals surface area contributed by atoms with Crippen LogP contribution < -0.4 is 10.6 Å². The SMILES string of the molecule is CC(C)C(CNCCC(C)S(C)=O)CNC(=O)OC(C)(C)C. The number of hydrogen-bond donors (Lipinski definition) is 2. The van der Waals surface area contributed by atoms with Crippen LogP contribution in [-0.2, 0) is 15.5 Å². The molecule has 0 aromatic heterocycles. The van der Waals surface area contributed by atoms with Crippen LogP contribution >= 0.6 is 0 Å². The van der Waals surface area contributed by atoms with Gasteiger partial charge in [0.15, 0.2) is 0 Å². The number of rotatable bonds is 9. The van der Waals surface area contributed by atoms with Crippen LogP contribution in [0.4, 0.5) is 4.79 Å². The summed E-state index contributed by atoms with van der Waals surface area (Å²) in [4.78, 5) is 11.7. The lowest BCUT2D eigenvalue weighted by Crippen LogP contribution is -2.40. The van der Waals surface area contributed by atoms with Gasteiger partial charge in [-0.15, -0.1) is 0 Å². The molecule has 3 unspecified atom stereocenters. The third-order valence-electron chi connectivity index (χ3n) is 3.55. The zero-order valence-corrected chi connectivity index (χ0v) is 16.0. The predicted octanol–water partition coefficient (Wildman–Crippen LogP) is 2.53. The fourth-order valence-electron chi connectivity index (χ4n) is 1.83. The number of ether oxygens (including phenoxy) is 1. The van der Waals surface area contributed by atoms with Crippen molar-refractivity contribution >= 4 is 16.9 Å². The summed E-state index contributed by atoms with van der Waals surface area (Å²) in [7, 11) is -0.766. The van der Waals surface area contributed by atoms with Gasteiger partial charge in [-0.05, 0) is 52.1 Å². The fourth-order valence-corrected chi connectivity index (χ4v) is 2.28. The minimum absolute atomic E-state index is 0.213. The number of carbonyl (C=O) groups is 1. The Balaban J connectivity index is 4.07. The van der Waals surface area contributed by atoms with E-state index >= 15 is 0 Å².